The number of aromatic nitrogens is 3. The first-order valence-corrected chi connectivity index (χ1v) is 10.4. The highest BCUT2D eigenvalue weighted by Crippen LogP contribution is 2.30. The number of amides is 1. The fourth-order valence-electron chi connectivity index (χ4n) is 4.36. The minimum Gasteiger partial charge on any atom is -0.346 e. The van der Waals surface area contributed by atoms with E-state index in [2.05, 4.69) is 33.8 Å². The second kappa shape index (κ2) is 7.39. The van der Waals surface area contributed by atoms with Crippen LogP contribution >= 0.6 is 11.3 Å². The summed E-state index contributed by atoms with van der Waals surface area (Å²) >= 11 is 1.59. The summed E-state index contributed by atoms with van der Waals surface area (Å²) in [5.74, 6) is 1.63. The number of carbonyl (C=O) groups excluding carboxylic acids is 1. The maximum Gasteiger partial charge on any atom is 0.227 e. The van der Waals surface area contributed by atoms with Crippen LogP contribution in [0.2, 0.25) is 0 Å². The highest BCUT2D eigenvalue weighted by molar-refractivity contribution is 7.17. The van der Waals surface area contributed by atoms with Gasteiger partial charge in [0.1, 0.15) is 0 Å². The summed E-state index contributed by atoms with van der Waals surface area (Å²) in [6.07, 6.45) is 7.20. The van der Waals surface area contributed by atoms with E-state index < -0.39 is 0 Å². The molecule has 140 valence electrons. The minimum absolute atomic E-state index is 0.0835. The highest BCUT2D eigenvalue weighted by Gasteiger charge is 2.33. The molecule has 2 saturated heterocycles. The molecule has 6 nitrogen and oxygen atoms in total. The van der Waals surface area contributed by atoms with Crippen LogP contribution < -0.4 is 4.90 Å². The van der Waals surface area contributed by atoms with Gasteiger partial charge in [0.05, 0.1) is 5.92 Å². The number of carbonyl (C=O) groups is 1. The average Bonchev–Trinajstić information content (AvgIpc) is 3.31. The van der Waals surface area contributed by atoms with Crippen molar-refractivity contribution in [3.63, 3.8) is 0 Å². The lowest BCUT2D eigenvalue weighted by atomic mass is 9.89. The van der Waals surface area contributed by atoms with Crippen LogP contribution in [0.3, 0.4) is 0 Å². The summed E-state index contributed by atoms with van der Waals surface area (Å²) in [6, 6.07) is 3.97. The standard InChI is InChI=1S/C19H27N5OS/c1-14-10-15(2)12-24(11-14)17(25)16-6-5-9-23(13-16)19-21-20-18(26-19)22-7-3-4-8-22/h3-4,7-8,14-16H,5-6,9-13H2,1-2H3/t14-,15+,16-/m0/s1. The Morgan fingerprint density at radius 2 is 1.77 bits per heavy atom. The number of hydrogen-bond acceptors (Lipinski definition) is 5. The van der Waals surface area contributed by atoms with Crippen LogP contribution in [0.1, 0.15) is 33.1 Å². The molecule has 3 atom stereocenters. The lowest BCUT2D eigenvalue weighted by molar-refractivity contribution is -0.138. The second-order valence-electron chi connectivity index (χ2n) is 7.93. The van der Waals surface area contributed by atoms with Crippen molar-refractivity contribution in [2.75, 3.05) is 31.1 Å². The van der Waals surface area contributed by atoms with Crippen LogP contribution in [-0.2, 0) is 4.79 Å². The molecule has 2 aromatic heterocycles. The first-order chi connectivity index (χ1) is 12.6. The highest BCUT2D eigenvalue weighted by atomic mass is 32.1. The number of hydrogen-bond donors (Lipinski definition) is 0. The zero-order valence-corrected chi connectivity index (χ0v) is 16.4. The van der Waals surface area contributed by atoms with E-state index in [0.29, 0.717) is 17.7 Å². The van der Waals surface area contributed by atoms with E-state index in [1.165, 1.54) is 6.42 Å². The second-order valence-corrected chi connectivity index (χ2v) is 8.87. The van der Waals surface area contributed by atoms with E-state index in [-0.39, 0.29) is 5.92 Å². The van der Waals surface area contributed by atoms with Gasteiger partial charge in [-0.25, -0.2) is 0 Å². The van der Waals surface area contributed by atoms with Crippen LogP contribution in [0.25, 0.3) is 5.13 Å². The van der Waals surface area contributed by atoms with E-state index in [1.807, 2.05) is 29.1 Å². The molecular weight excluding hydrogens is 346 g/mol. The molecule has 2 fully saturated rings. The third kappa shape index (κ3) is 3.63. The maximum atomic E-state index is 13.1. The van der Waals surface area contributed by atoms with E-state index in [9.17, 15) is 4.79 Å². The molecule has 0 aromatic carbocycles. The molecule has 0 spiro atoms. The molecule has 0 unspecified atom stereocenters. The van der Waals surface area contributed by atoms with Crippen LogP contribution in [0, 0.1) is 17.8 Å². The fourth-order valence-corrected chi connectivity index (χ4v) is 5.20. The van der Waals surface area contributed by atoms with Gasteiger partial charge in [-0.1, -0.05) is 25.2 Å². The Morgan fingerprint density at radius 1 is 1.08 bits per heavy atom. The van der Waals surface area contributed by atoms with Crippen molar-refractivity contribution < 1.29 is 4.79 Å². The molecule has 2 aromatic rings. The first-order valence-electron chi connectivity index (χ1n) is 9.60. The molecule has 1 amide bonds. The van der Waals surface area contributed by atoms with Crippen molar-refractivity contribution in [2.24, 2.45) is 17.8 Å². The molecule has 0 saturated carbocycles. The number of rotatable bonds is 3. The van der Waals surface area contributed by atoms with Crippen LogP contribution in [0.4, 0.5) is 5.13 Å². The molecule has 0 radical (unpaired) electrons. The van der Waals surface area contributed by atoms with E-state index in [4.69, 9.17) is 0 Å². The Labute approximate surface area is 158 Å². The minimum atomic E-state index is 0.0835. The van der Waals surface area contributed by atoms with Crippen molar-refractivity contribution in [2.45, 2.75) is 33.1 Å². The van der Waals surface area contributed by atoms with Crippen molar-refractivity contribution >= 4 is 22.4 Å². The Bertz CT molecular complexity index is 733. The van der Waals surface area contributed by atoms with Crippen molar-refractivity contribution in [1.82, 2.24) is 19.7 Å². The van der Waals surface area contributed by atoms with Gasteiger partial charge in [0.15, 0.2) is 0 Å². The topological polar surface area (TPSA) is 54.3 Å². The summed E-state index contributed by atoms with van der Waals surface area (Å²) in [5, 5.41) is 10.5. The van der Waals surface area contributed by atoms with Gasteiger partial charge in [0.25, 0.3) is 0 Å². The zero-order chi connectivity index (χ0) is 18.1. The summed E-state index contributed by atoms with van der Waals surface area (Å²) < 4.78 is 1.98. The summed E-state index contributed by atoms with van der Waals surface area (Å²) in [5.41, 5.74) is 0. The number of piperidine rings is 2. The summed E-state index contributed by atoms with van der Waals surface area (Å²) in [6.45, 7) is 8.06. The van der Waals surface area contributed by atoms with Crippen LogP contribution in [0.15, 0.2) is 24.5 Å². The van der Waals surface area contributed by atoms with Gasteiger partial charge in [-0.05, 0) is 43.2 Å². The Morgan fingerprint density at radius 3 is 2.50 bits per heavy atom. The number of nitrogens with zero attached hydrogens (tertiary/aromatic N) is 5. The quantitative estimate of drug-likeness (QED) is 0.830. The Balaban J connectivity index is 1.43. The lowest BCUT2D eigenvalue weighted by Crippen LogP contribution is -2.49. The van der Waals surface area contributed by atoms with Gasteiger partial charge in [-0.2, -0.15) is 0 Å². The summed E-state index contributed by atoms with van der Waals surface area (Å²) in [7, 11) is 0. The molecular formula is C19H27N5OS. The largest absolute Gasteiger partial charge is 0.346 e. The predicted molar refractivity (Wildman–Crippen MR) is 104 cm³/mol. The van der Waals surface area contributed by atoms with Gasteiger partial charge in [0, 0.05) is 38.6 Å². The molecule has 4 rings (SSSR count). The van der Waals surface area contributed by atoms with Gasteiger partial charge >= 0.3 is 0 Å². The maximum absolute atomic E-state index is 13.1. The van der Waals surface area contributed by atoms with Gasteiger partial charge in [0.2, 0.25) is 16.2 Å². The molecule has 0 aliphatic carbocycles. The molecule has 26 heavy (non-hydrogen) atoms. The van der Waals surface area contributed by atoms with Crippen molar-refractivity contribution in [1.29, 1.82) is 0 Å². The number of anilines is 1. The van der Waals surface area contributed by atoms with Crippen LogP contribution in [0.5, 0.6) is 0 Å². The zero-order valence-electron chi connectivity index (χ0n) is 15.5. The number of likely N-dealkylation sites (tertiary alicyclic amines) is 1. The molecule has 7 heteroatoms. The molecule has 4 heterocycles. The monoisotopic (exact) mass is 373 g/mol. The molecule has 0 bridgehead atoms. The fraction of sp³-hybridized carbons (Fsp3) is 0.632. The van der Waals surface area contributed by atoms with Crippen molar-refractivity contribution in [3.05, 3.63) is 24.5 Å². The smallest absolute Gasteiger partial charge is 0.227 e. The van der Waals surface area contributed by atoms with Crippen molar-refractivity contribution in [3.8, 4) is 5.13 Å². The van der Waals surface area contributed by atoms with E-state index >= 15 is 0 Å². The lowest BCUT2D eigenvalue weighted by Gasteiger charge is -2.39. The Hall–Kier alpha value is -1.89. The molecule has 2 aliphatic rings. The molecule has 0 N–H and O–H groups in total. The van der Waals surface area contributed by atoms with Gasteiger partial charge < -0.3 is 9.80 Å². The first kappa shape index (κ1) is 17.5. The Kier molecular flexibility index (Phi) is 4.98. The van der Waals surface area contributed by atoms with Crippen LogP contribution in [-0.4, -0.2) is 51.8 Å². The average molecular weight is 374 g/mol. The van der Waals surface area contributed by atoms with E-state index in [1.54, 1.807) is 11.3 Å². The third-order valence-corrected chi connectivity index (χ3v) is 6.45. The predicted octanol–water partition coefficient (Wildman–Crippen LogP) is 3.05. The van der Waals surface area contributed by atoms with Gasteiger partial charge in [-0.15, -0.1) is 10.2 Å². The molecule has 2 aliphatic heterocycles. The third-order valence-electron chi connectivity index (χ3n) is 5.45. The SMILES string of the molecule is C[C@@H]1C[C@H](C)CN(C(=O)[C@H]2CCCN(c3nnc(-n4cccc4)s3)C2)C1. The van der Waals surface area contributed by atoms with E-state index in [0.717, 1.165) is 49.3 Å². The normalized spacial score (nSPS) is 26.9. The summed E-state index contributed by atoms with van der Waals surface area (Å²) in [4.78, 5) is 17.4. The van der Waals surface area contributed by atoms with Gasteiger partial charge in [-0.3, -0.25) is 9.36 Å².